The van der Waals surface area contributed by atoms with Crippen molar-refractivity contribution in [1.29, 1.82) is 0 Å². The van der Waals surface area contributed by atoms with Crippen LogP contribution in [0, 0.1) is 0 Å². The average molecular weight is 516 g/mol. The van der Waals surface area contributed by atoms with E-state index in [1.165, 1.54) is 16.5 Å². The van der Waals surface area contributed by atoms with Gasteiger partial charge >= 0.3 is 0 Å². The van der Waals surface area contributed by atoms with Crippen LogP contribution >= 0.6 is 28.3 Å². The Morgan fingerprint density at radius 2 is 1.72 bits per heavy atom. The summed E-state index contributed by atoms with van der Waals surface area (Å²) in [5, 5.41) is 4.84. The SMILES string of the molecule is CCOc1cc(CNCCc2c[nH]c3ccccc23)cc(Br)c1OCc1ccccc1.Cl. The Morgan fingerprint density at radius 1 is 0.938 bits per heavy atom. The number of H-pyrrole nitrogens is 1. The zero-order valence-corrected chi connectivity index (χ0v) is 20.5. The van der Waals surface area contributed by atoms with Gasteiger partial charge in [0.2, 0.25) is 0 Å². The summed E-state index contributed by atoms with van der Waals surface area (Å²) in [7, 11) is 0. The Bertz CT molecular complexity index is 1130. The van der Waals surface area contributed by atoms with Gasteiger partial charge in [-0.25, -0.2) is 0 Å². The summed E-state index contributed by atoms with van der Waals surface area (Å²) in [5.74, 6) is 1.51. The predicted molar refractivity (Wildman–Crippen MR) is 137 cm³/mol. The Morgan fingerprint density at radius 3 is 2.53 bits per heavy atom. The number of aromatic nitrogens is 1. The number of aromatic amines is 1. The van der Waals surface area contributed by atoms with Gasteiger partial charge in [0.25, 0.3) is 0 Å². The van der Waals surface area contributed by atoms with Crippen molar-refractivity contribution in [2.75, 3.05) is 13.2 Å². The molecule has 2 N–H and O–H groups in total. The third kappa shape index (κ3) is 6.06. The third-order valence-corrected chi connectivity index (χ3v) is 5.76. The molecule has 0 atom stereocenters. The normalized spacial score (nSPS) is 10.7. The molecule has 0 aliphatic rings. The zero-order valence-electron chi connectivity index (χ0n) is 18.1. The van der Waals surface area contributed by atoms with E-state index in [9.17, 15) is 0 Å². The fourth-order valence-electron chi connectivity index (χ4n) is 3.65. The van der Waals surface area contributed by atoms with Crippen LogP contribution in [0.4, 0.5) is 0 Å². The summed E-state index contributed by atoms with van der Waals surface area (Å²) in [5.41, 5.74) is 4.80. The number of hydrogen-bond donors (Lipinski definition) is 2. The molecular formula is C26H28BrClN2O2. The van der Waals surface area contributed by atoms with Crippen LogP contribution in [0.1, 0.15) is 23.6 Å². The highest BCUT2D eigenvalue weighted by atomic mass is 79.9. The average Bonchev–Trinajstić information content (AvgIpc) is 3.20. The van der Waals surface area contributed by atoms with Gasteiger partial charge in [-0.1, -0.05) is 48.5 Å². The summed E-state index contributed by atoms with van der Waals surface area (Å²) in [4.78, 5) is 3.34. The molecule has 0 spiro atoms. The molecule has 6 heteroatoms. The number of hydrogen-bond acceptors (Lipinski definition) is 3. The lowest BCUT2D eigenvalue weighted by molar-refractivity contribution is 0.267. The van der Waals surface area contributed by atoms with Crippen molar-refractivity contribution in [2.45, 2.75) is 26.5 Å². The van der Waals surface area contributed by atoms with E-state index < -0.39 is 0 Å². The Kier molecular flexibility index (Phi) is 9.03. The number of halogens is 2. The molecule has 0 saturated heterocycles. The Labute approximate surface area is 203 Å². The molecule has 1 aromatic heterocycles. The molecule has 0 unspecified atom stereocenters. The Hall–Kier alpha value is -2.47. The first-order valence-electron chi connectivity index (χ1n) is 10.6. The molecule has 1 heterocycles. The molecule has 0 amide bonds. The minimum absolute atomic E-state index is 0. The van der Waals surface area contributed by atoms with E-state index in [1.807, 2.05) is 25.1 Å². The second-order valence-corrected chi connectivity index (χ2v) is 8.25. The van der Waals surface area contributed by atoms with E-state index >= 15 is 0 Å². The highest BCUT2D eigenvalue weighted by Crippen LogP contribution is 2.37. The van der Waals surface area contributed by atoms with E-state index in [0.717, 1.165) is 46.6 Å². The van der Waals surface area contributed by atoms with Crippen molar-refractivity contribution in [1.82, 2.24) is 10.3 Å². The smallest absolute Gasteiger partial charge is 0.175 e. The number of rotatable bonds is 10. The molecule has 4 aromatic rings. The molecule has 0 saturated carbocycles. The van der Waals surface area contributed by atoms with E-state index in [-0.39, 0.29) is 12.4 Å². The quantitative estimate of drug-likeness (QED) is 0.232. The molecule has 0 aliphatic carbocycles. The summed E-state index contributed by atoms with van der Waals surface area (Å²) in [6.45, 7) is 4.74. The number of para-hydroxylation sites is 1. The van der Waals surface area contributed by atoms with Crippen LogP contribution in [0.3, 0.4) is 0 Å². The van der Waals surface area contributed by atoms with Gasteiger partial charge in [-0.05, 0) is 70.7 Å². The van der Waals surface area contributed by atoms with Gasteiger partial charge in [0.1, 0.15) is 6.61 Å². The molecule has 32 heavy (non-hydrogen) atoms. The highest BCUT2D eigenvalue weighted by Gasteiger charge is 2.13. The lowest BCUT2D eigenvalue weighted by atomic mass is 10.1. The van der Waals surface area contributed by atoms with Gasteiger partial charge < -0.3 is 19.8 Å². The molecular weight excluding hydrogens is 488 g/mol. The molecule has 0 aliphatic heterocycles. The van der Waals surface area contributed by atoms with Gasteiger partial charge in [0, 0.05) is 23.6 Å². The van der Waals surface area contributed by atoms with Crippen molar-refractivity contribution in [3.63, 3.8) is 0 Å². The molecule has 4 nitrogen and oxygen atoms in total. The first-order valence-corrected chi connectivity index (χ1v) is 11.4. The van der Waals surface area contributed by atoms with Crippen molar-refractivity contribution in [3.8, 4) is 11.5 Å². The molecule has 0 bridgehead atoms. The maximum Gasteiger partial charge on any atom is 0.175 e. The first-order chi connectivity index (χ1) is 15.2. The maximum absolute atomic E-state index is 6.08. The molecule has 0 fully saturated rings. The van der Waals surface area contributed by atoms with Crippen molar-refractivity contribution in [2.24, 2.45) is 0 Å². The van der Waals surface area contributed by atoms with Crippen LogP contribution in [-0.4, -0.2) is 18.1 Å². The number of ether oxygens (including phenoxy) is 2. The van der Waals surface area contributed by atoms with Crippen LogP contribution < -0.4 is 14.8 Å². The topological polar surface area (TPSA) is 46.3 Å². The van der Waals surface area contributed by atoms with Gasteiger partial charge in [-0.3, -0.25) is 0 Å². The van der Waals surface area contributed by atoms with Gasteiger partial charge in [-0.2, -0.15) is 0 Å². The Balaban J connectivity index is 0.00000289. The van der Waals surface area contributed by atoms with Crippen molar-refractivity contribution >= 4 is 39.2 Å². The van der Waals surface area contributed by atoms with Gasteiger partial charge in [0.15, 0.2) is 11.5 Å². The van der Waals surface area contributed by atoms with E-state index in [1.54, 1.807) is 0 Å². The molecule has 0 radical (unpaired) electrons. The monoisotopic (exact) mass is 514 g/mol. The zero-order chi connectivity index (χ0) is 21.5. The summed E-state index contributed by atoms with van der Waals surface area (Å²) in [6, 6.07) is 22.7. The van der Waals surface area contributed by atoms with Crippen LogP contribution in [0.5, 0.6) is 11.5 Å². The standard InChI is InChI=1S/C26H27BrN2O2.ClH/c1-2-30-25-15-20(14-23(27)26(25)31-18-19-8-4-3-5-9-19)16-28-13-12-21-17-29-24-11-7-6-10-22(21)24;/h3-11,14-15,17,28-29H,2,12-13,16,18H2,1H3;1H. The minimum Gasteiger partial charge on any atom is -0.490 e. The summed E-state index contributed by atoms with van der Waals surface area (Å²) >= 11 is 3.67. The second kappa shape index (κ2) is 12.0. The van der Waals surface area contributed by atoms with Gasteiger partial charge in [-0.15, -0.1) is 12.4 Å². The van der Waals surface area contributed by atoms with Crippen LogP contribution in [0.25, 0.3) is 10.9 Å². The lowest BCUT2D eigenvalue weighted by Crippen LogP contribution is -2.16. The van der Waals surface area contributed by atoms with Crippen LogP contribution in [-0.2, 0) is 19.6 Å². The second-order valence-electron chi connectivity index (χ2n) is 7.40. The summed E-state index contributed by atoms with van der Waals surface area (Å²) in [6.07, 6.45) is 3.08. The van der Waals surface area contributed by atoms with E-state index in [4.69, 9.17) is 9.47 Å². The molecule has 168 valence electrons. The fraction of sp³-hybridized carbons (Fsp3) is 0.231. The highest BCUT2D eigenvalue weighted by molar-refractivity contribution is 9.10. The fourth-order valence-corrected chi connectivity index (χ4v) is 4.25. The first kappa shape index (κ1) is 24.2. The van der Waals surface area contributed by atoms with Gasteiger partial charge in [0.05, 0.1) is 11.1 Å². The lowest BCUT2D eigenvalue weighted by Gasteiger charge is -2.16. The summed E-state index contributed by atoms with van der Waals surface area (Å²) < 4.78 is 12.9. The minimum atomic E-state index is 0. The van der Waals surface area contributed by atoms with Crippen molar-refractivity contribution in [3.05, 3.63) is 94.1 Å². The number of fused-ring (bicyclic) bond motifs is 1. The number of nitrogens with one attached hydrogen (secondary N) is 2. The van der Waals surface area contributed by atoms with Crippen molar-refractivity contribution < 1.29 is 9.47 Å². The molecule has 4 rings (SSSR count). The van der Waals surface area contributed by atoms with E-state index in [0.29, 0.717) is 13.2 Å². The predicted octanol–water partition coefficient (Wildman–Crippen LogP) is 6.66. The van der Waals surface area contributed by atoms with E-state index in [2.05, 4.69) is 81.0 Å². The maximum atomic E-state index is 6.08. The van der Waals surface area contributed by atoms with Crippen LogP contribution in [0.2, 0.25) is 0 Å². The largest absolute Gasteiger partial charge is 0.490 e. The van der Waals surface area contributed by atoms with Crippen LogP contribution in [0.15, 0.2) is 77.4 Å². The molecule has 3 aromatic carbocycles. The third-order valence-electron chi connectivity index (χ3n) is 5.17. The number of benzene rings is 3.